The smallest absolute Gasteiger partial charge is 0.217 e. The predicted molar refractivity (Wildman–Crippen MR) is 146 cm³/mol. The zero-order chi connectivity index (χ0) is 26.6. The summed E-state index contributed by atoms with van der Waals surface area (Å²) in [6.07, 6.45) is 9.45. The van der Waals surface area contributed by atoms with E-state index in [-0.39, 0.29) is 22.9 Å². The van der Waals surface area contributed by atoms with E-state index in [1.165, 1.54) is 0 Å². The Morgan fingerprint density at radius 1 is 1.13 bits per heavy atom. The molecule has 1 amide bonds. The minimum absolute atomic E-state index is 0.0394. The standard InChI is InChI=1S/C28H28N8O2S/c1-17(37)33-28-7-4-27(5-8-28,6-9-28)26-35-34-25(39-26)21-14-30-23(11-22(21)32-19-15-38-16-19)24-3-2-20-10-18(12-29)13-31-36(20)24/h2-3,10-11,13-14,19H,4-9,15-16H2,1H3,(H,30,32)(H,33,37). The number of aromatic nitrogens is 5. The van der Waals surface area contributed by atoms with E-state index < -0.39 is 0 Å². The maximum Gasteiger partial charge on any atom is 0.217 e. The van der Waals surface area contributed by atoms with Crippen molar-refractivity contribution in [1.82, 2.24) is 30.1 Å². The molecule has 5 heterocycles. The quantitative estimate of drug-likeness (QED) is 0.374. The van der Waals surface area contributed by atoms with Crippen LogP contribution in [0.5, 0.6) is 0 Å². The third-order valence-corrected chi connectivity index (χ3v) is 9.79. The van der Waals surface area contributed by atoms with Gasteiger partial charge in [0.15, 0.2) is 5.01 Å². The summed E-state index contributed by atoms with van der Waals surface area (Å²) in [4.78, 5) is 16.6. The van der Waals surface area contributed by atoms with E-state index in [1.54, 1.807) is 29.0 Å². The van der Waals surface area contributed by atoms with Gasteiger partial charge < -0.3 is 15.4 Å². The lowest BCUT2D eigenvalue weighted by Gasteiger charge is -2.52. The Kier molecular flexibility index (Phi) is 5.64. The van der Waals surface area contributed by atoms with Crippen LogP contribution in [-0.2, 0) is 14.9 Å². The van der Waals surface area contributed by atoms with E-state index >= 15 is 0 Å². The fraction of sp³-hybridized carbons (Fsp3) is 0.429. The van der Waals surface area contributed by atoms with Crippen LogP contribution in [0.1, 0.15) is 56.0 Å². The van der Waals surface area contributed by atoms with Gasteiger partial charge in [0.05, 0.1) is 53.5 Å². The number of amides is 1. The monoisotopic (exact) mass is 540 g/mol. The highest BCUT2D eigenvalue weighted by molar-refractivity contribution is 7.14. The number of nitrogens with one attached hydrogen (secondary N) is 2. The Morgan fingerprint density at radius 3 is 2.62 bits per heavy atom. The van der Waals surface area contributed by atoms with Crippen molar-refractivity contribution in [1.29, 1.82) is 5.26 Å². The van der Waals surface area contributed by atoms with Crippen LogP contribution in [0.4, 0.5) is 5.69 Å². The van der Waals surface area contributed by atoms with Gasteiger partial charge >= 0.3 is 0 Å². The van der Waals surface area contributed by atoms with Crippen LogP contribution in [0.3, 0.4) is 0 Å². The summed E-state index contributed by atoms with van der Waals surface area (Å²) in [5, 5.41) is 31.8. The lowest BCUT2D eigenvalue weighted by molar-refractivity contribution is -0.122. The van der Waals surface area contributed by atoms with Crippen molar-refractivity contribution in [2.75, 3.05) is 18.5 Å². The number of nitrogens with zero attached hydrogens (tertiary/aromatic N) is 6. The molecule has 4 aliphatic rings. The molecule has 4 fully saturated rings. The molecule has 4 aromatic heterocycles. The average Bonchev–Trinajstić information content (AvgIpc) is 3.59. The molecule has 0 unspecified atom stereocenters. The fourth-order valence-corrected chi connectivity index (χ4v) is 7.43. The highest BCUT2D eigenvalue weighted by atomic mass is 32.1. The van der Waals surface area contributed by atoms with Crippen molar-refractivity contribution in [3.05, 3.63) is 47.2 Å². The van der Waals surface area contributed by atoms with Crippen LogP contribution >= 0.6 is 11.3 Å². The van der Waals surface area contributed by atoms with Crippen molar-refractivity contribution in [2.45, 2.75) is 62.4 Å². The number of carbonyl (C=O) groups excluding carboxylic acids is 1. The van der Waals surface area contributed by atoms with E-state index in [9.17, 15) is 10.1 Å². The topological polar surface area (TPSA) is 130 Å². The third-order valence-electron chi connectivity index (χ3n) is 8.59. The fourth-order valence-electron chi connectivity index (χ4n) is 6.29. The van der Waals surface area contributed by atoms with Crippen molar-refractivity contribution >= 4 is 28.4 Å². The van der Waals surface area contributed by atoms with E-state index in [1.807, 2.05) is 30.5 Å². The van der Waals surface area contributed by atoms with Crippen LogP contribution in [0.15, 0.2) is 36.7 Å². The summed E-state index contributed by atoms with van der Waals surface area (Å²) in [7, 11) is 0. The van der Waals surface area contributed by atoms with E-state index in [4.69, 9.17) is 14.8 Å². The summed E-state index contributed by atoms with van der Waals surface area (Å²) >= 11 is 1.66. The van der Waals surface area contributed by atoms with Crippen molar-refractivity contribution in [3.8, 4) is 28.0 Å². The molecular weight excluding hydrogens is 512 g/mol. The first-order valence-electron chi connectivity index (χ1n) is 13.3. The summed E-state index contributed by atoms with van der Waals surface area (Å²) in [6, 6.07) is 10.1. The Labute approximate surface area is 229 Å². The second kappa shape index (κ2) is 9.10. The number of carbonyl (C=O) groups is 1. The normalized spacial score (nSPS) is 24.3. The average molecular weight is 541 g/mol. The number of hydrogen-bond donors (Lipinski definition) is 2. The van der Waals surface area contributed by atoms with Gasteiger partial charge in [0, 0.05) is 29.8 Å². The van der Waals surface area contributed by atoms with E-state index in [2.05, 4.69) is 26.9 Å². The van der Waals surface area contributed by atoms with Gasteiger partial charge in [0.25, 0.3) is 0 Å². The van der Waals surface area contributed by atoms with Gasteiger partial charge in [-0.25, -0.2) is 4.52 Å². The molecule has 2 bridgehead atoms. The van der Waals surface area contributed by atoms with Gasteiger partial charge in [-0.05, 0) is 62.8 Å². The summed E-state index contributed by atoms with van der Waals surface area (Å²) in [5.41, 5.74) is 4.83. The minimum atomic E-state index is -0.0448. The van der Waals surface area contributed by atoms with Crippen LogP contribution in [0.2, 0.25) is 0 Å². The Balaban J connectivity index is 1.21. The third kappa shape index (κ3) is 4.15. The van der Waals surface area contributed by atoms with E-state index in [0.717, 1.165) is 76.7 Å². The van der Waals surface area contributed by atoms with Crippen molar-refractivity contribution < 1.29 is 9.53 Å². The molecule has 10 nitrogen and oxygen atoms in total. The summed E-state index contributed by atoms with van der Waals surface area (Å²) in [5.74, 6) is 0.0614. The highest BCUT2D eigenvalue weighted by Crippen LogP contribution is 2.54. The molecule has 3 aliphatic carbocycles. The minimum Gasteiger partial charge on any atom is -0.377 e. The number of pyridine rings is 1. The van der Waals surface area contributed by atoms with E-state index in [0.29, 0.717) is 18.8 Å². The Hall–Kier alpha value is -3.88. The summed E-state index contributed by atoms with van der Waals surface area (Å²) in [6.45, 7) is 2.93. The molecule has 39 heavy (non-hydrogen) atoms. The molecule has 0 atom stereocenters. The molecule has 4 aromatic rings. The molecule has 1 saturated heterocycles. The molecule has 0 spiro atoms. The van der Waals surface area contributed by atoms with Gasteiger partial charge in [-0.2, -0.15) is 10.4 Å². The SMILES string of the molecule is CC(=O)NC12CCC(c3nnc(-c4cnc(-c5ccc6cc(C#N)cnn56)cc4NC4COC4)s3)(CC1)CC2. The molecule has 3 saturated carbocycles. The lowest BCUT2D eigenvalue weighted by atomic mass is 9.57. The Bertz CT molecular complexity index is 1610. The predicted octanol–water partition coefficient (Wildman–Crippen LogP) is 4.08. The molecule has 198 valence electrons. The van der Waals surface area contributed by atoms with Crippen LogP contribution < -0.4 is 10.6 Å². The Morgan fingerprint density at radius 2 is 1.92 bits per heavy atom. The van der Waals surface area contributed by atoms with Crippen LogP contribution in [0.25, 0.3) is 27.5 Å². The number of hydrogen-bond acceptors (Lipinski definition) is 9. The first-order valence-corrected chi connectivity index (χ1v) is 14.1. The van der Waals surface area contributed by atoms with Crippen molar-refractivity contribution in [3.63, 3.8) is 0 Å². The number of rotatable bonds is 6. The zero-order valence-electron chi connectivity index (χ0n) is 21.6. The largest absolute Gasteiger partial charge is 0.377 e. The summed E-state index contributed by atoms with van der Waals surface area (Å²) < 4.78 is 7.21. The molecular formula is C28H28N8O2S. The van der Waals surface area contributed by atoms with Gasteiger partial charge in [-0.15, -0.1) is 10.2 Å². The maximum atomic E-state index is 11.8. The van der Waals surface area contributed by atoms with Crippen LogP contribution in [-0.4, -0.2) is 55.5 Å². The van der Waals surface area contributed by atoms with Crippen molar-refractivity contribution in [2.24, 2.45) is 0 Å². The zero-order valence-corrected chi connectivity index (χ0v) is 22.4. The molecule has 1 aliphatic heterocycles. The molecule has 11 heteroatoms. The second-order valence-corrected chi connectivity index (χ2v) is 12.0. The van der Waals surface area contributed by atoms with Gasteiger partial charge in [-0.1, -0.05) is 11.3 Å². The molecule has 0 radical (unpaired) electrons. The first kappa shape index (κ1) is 24.2. The lowest BCUT2D eigenvalue weighted by Crippen LogP contribution is -2.57. The second-order valence-electron chi connectivity index (χ2n) is 11.1. The highest BCUT2D eigenvalue weighted by Gasteiger charge is 2.51. The number of anilines is 1. The van der Waals surface area contributed by atoms with Gasteiger partial charge in [-0.3, -0.25) is 9.78 Å². The van der Waals surface area contributed by atoms with Gasteiger partial charge in [0.1, 0.15) is 11.1 Å². The number of nitriles is 1. The van der Waals surface area contributed by atoms with Gasteiger partial charge in [0.2, 0.25) is 5.91 Å². The molecule has 2 N–H and O–H groups in total. The number of ether oxygens (including phenoxy) is 1. The van der Waals surface area contributed by atoms with Crippen LogP contribution in [0, 0.1) is 11.3 Å². The number of fused-ring (bicyclic) bond motifs is 4. The molecule has 0 aromatic carbocycles. The first-order chi connectivity index (χ1) is 19.0. The maximum absolute atomic E-state index is 11.8. The molecule has 8 rings (SSSR count).